The second kappa shape index (κ2) is 5.33. The van der Waals surface area contributed by atoms with Gasteiger partial charge in [0.2, 0.25) is 5.91 Å². The van der Waals surface area contributed by atoms with E-state index in [2.05, 4.69) is 40.5 Å². The van der Waals surface area contributed by atoms with Crippen molar-refractivity contribution < 1.29 is 4.79 Å². The first-order valence-electron chi connectivity index (χ1n) is 7.29. The van der Waals surface area contributed by atoms with Crippen LogP contribution >= 0.6 is 0 Å². The van der Waals surface area contributed by atoms with Crippen LogP contribution in [0.3, 0.4) is 0 Å². The van der Waals surface area contributed by atoms with Gasteiger partial charge in [-0.25, -0.2) is 0 Å². The smallest absolute Gasteiger partial charge is 0.220 e. The number of benzene rings is 1. The van der Waals surface area contributed by atoms with Crippen LogP contribution in [0.4, 0.5) is 0 Å². The van der Waals surface area contributed by atoms with E-state index in [0.29, 0.717) is 5.41 Å². The van der Waals surface area contributed by atoms with Gasteiger partial charge in [0.15, 0.2) is 0 Å². The number of likely N-dealkylation sites (tertiary alicyclic amines) is 1. The summed E-state index contributed by atoms with van der Waals surface area (Å²) >= 11 is 0. The van der Waals surface area contributed by atoms with Gasteiger partial charge in [0.25, 0.3) is 0 Å². The molecule has 2 heterocycles. The van der Waals surface area contributed by atoms with Gasteiger partial charge in [-0.05, 0) is 43.3 Å². The molecule has 0 unspecified atom stereocenters. The molecule has 0 radical (unpaired) electrons. The molecule has 19 heavy (non-hydrogen) atoms. The Bertz CT molecular complexity index is 423. The Balaban J connectivity index is 1.53. The minimum atomic E-state index is 0.234. The molecule has 3 nitrogen and oxygen atoms in total. The maximum Gasteiger partial charge on any atom is 0.220 e. The maximum atomic E-state index is 11.3. The number of amides is 1. The third-order valence-corrected chi connectivity index (χ3v) is 4.71. The molecular formula is C16H22N2O. The summed E-state index contributed by atoms with van der Waals surface area (Å²) in [4.78, 5) is 13.8. The lowest BCUT2D eigenvalue weighted by Crippen LogP contribution is -2.49. The largest absolute Gasteiger partial charge is 0.356 e. The Kier molecular flexibility index (Phi) is 3.56. The molecule has 2 aliphatic rings. The predicted molar refractivity (Wildman–Crippen MR) is 75.6 cm³/mol. The number of carbonyl (C=O) groups excluding carboxylic acids is 1. The highest BCUT2D eigenvalue weighted by Gasteiger charge is 2.37. The van der Waals surface area contributed by atoms with Gasteiger partial charge in [0, 0.05) is 19.5 Å². The molecule has 0 bridgehead atoms. The van der Waals surface area contributed by atoms with Crippen molar-refractivity contribution in [3.63, 3.8) is 0 Å². The molecule has 102 valence electrons. The van der Waals surface area contributed by atoms with Crippen LogP contribution < -0.4 is 5.32 Å². The summed E-state index contributed by atoms with van der Waals surface area (Å²) in [5.74, 6) is 0.234. The Morgan fingerprint density at radius 2 is 1.84 bits per heavy atom. The molecule has 3 heteroatoms. The van der Waals surface area contributed by atoms with Crippen LogP contribution in [0.5, 0.6) is 0 Å². The zero-order valence-electron chi connectivity index (χ0n) is 11.4. The number of nitrogens with zero attached hydrogens (tertiary/aromatic N) is 1. The van der Waals surface area contributed by atoms with E-state index in [1.54, 1.807) is 0 Å². The van der Waals surface area contributed by atoms with Crippen LogP contribution in [0, 0.1) is 5.41 Å². The van der Waals surface area contributed by atoms with Gasteiger partial charge in [0.05, 0.1) is 0 Å². The van der Waals surface area contributed by atoms with E-state index < -0.39 is 0 Å². The molecular weight excluding hydrogens is 236 g/mol. The van der Waals surface area contributed by atoms with E-state index in [4.69, 9.17) is 0 Å². The summed E-state index contributed by atoms with van der Waals surface area (Å²) in [5, 5.41) is 3.05. The summed E-state index contributed by atoms with van der Waals surface area (Å²) in [6.07, 6.45) is 4.25. The predicted octanol–water partition coefficient (Wildman–Crippen LogP) is 2.18. The number of hydrogen-bond donors (Lipinski definition) is 1. The second-order valence-electron chi connectivity index (χ2n) is 6.04. The Morgan fingerprint density at radius 3 is 2.47 bits per heavy atom. The Morgan fingerprint density at radius 1 is 1.11 bits per heavy atom. The Hall–Kier alpha value is -1.35. The summed E-state index contributed by atoms with van der Waals surface area (Å²) in [6.45, 7) is 4.27. The van der Waals surface area contributed by atoms with Crippen molar-refractivity contribution in [1.82, 2.24) is 10.2 Å². The summed E-state index contributed by atoms with van der Waals surface area (Å²) in [7, 11) is 0. The highest BCUT2D eigenvalue weighted by Crippen LogP contribution is 2.37. The zero-order chi connectivity index (χ0) is 13.1. The van der Waals surface area contributed by atoms with Gasteiger partial charge in [-0.2, -0.15) is 0 Å². The van der Waals surface area contributed by atoms with Gasteiger partial charge in [-0.15, -0.1) is 0 Å². The zero-order valence-corrected chi connectivity index (χ0v) is 11.4. The average molecular weight is 258 g/mol. The lowest BCUT2D eigenvalue weighted by molar-refractivity contribution is -0.125. The molecule has 1 amide bonds. The molecule has 0 atom stereocenters. The van der Waals surface area contributed by atoms with Gasteiger partial charge < -0.3 is 5.32 Å². The van der Waals surface area contributed by atoms with Crippen LogP contribution in [0.2, 0.25) is 0 Å². The highest BCUT2D eigenvalue weighted by molar-refractivity contribution is 5.76. The summed E-state index contributed by atoms with van der Waals surface area (Å²) < 4.78 is 0. The second-order valence-corrected chi connectivity index (χ2v) is 6.04. The van der Waals surface area contributed by atoms with Gasteiger partial charge in [-0.1, -0.05) is 30.3 Å². The van der Waals surface area contributed by atoms with Crippen molar-refractivity contribution in [2.24, 2.45) is 5.41 Å². The summed E-state index contributed by atoms with van der Waals surface area (Å²) in [6, 6.07) is 10.7. The fraction of sp³-hybridized carbons (Fsp3) is 0.562. The molecule has 1 N–H and O–H groups in total. The van der Waals surface area contributed by atoms with Crippen molar-refractivity contribution >= 4 is 5.91 Å². The van der Waals surface area contributed by atoms with E-state index in [1.165, 1.54) is 18.4 Å². The third kappa shape index (κ3) is 2.98. The topological polar surface area (TPSA) is 32.3 Å². The molecule has 0 aromatic heterocycles. The SMILES string of the molecule is O=C1CCC2(CCN(Cc3ccccc3)CC2)CN1. The number of carbonyl (C=O) groups is 1. The molecule has 1 spiro atoms. The number of rotatable bonds is 2. The van der Waals surface area contributed by atoms with E-state index in [9.17, 15) is 4.79 Å². The molecule has 1 aromatic rings. The average Bonchev–Trinajstić information content (AvgIpc) is 2.46. The van der Waals surface area contributed by atoms with Crippen LogP contribution in [-0.2, 0) is 11.3 Å². The standard InChI is InChI=1S/C16H22N2O/c19-15-6-7-16(13-17-15)8-10-18(11-9-16)12-14-4-2-1-3-5-14/h1-5H,6-13H2,(H,17,19). The normalized spacial score (nSPS) is 23.3. The van der Waals surface area contributed by atoms with Crippen molar-refractivity contribution in [3.05, 3.63) is 35.9 Å². The monoisotopic (exact) mass is 258 g/mol. The van der Waals surface area contributed by atoms with Crippen molar-refractivity contribution in [2.45, 2.75) is 32.2 Å². The number of piperidine rings is 2. The quantitative estimate of drug-likeness (QED) is 0.882. The van der Waals surface area contributed by atoms with Crippen LogP contribution in [0.15, 0.2) is 30.3 Å². The maximum absolute atomic E-state index is 11.3. The first-order valence-corrected chi connectivity index (χ1v) is 7.29. The van der Waals surface area contributed by atoms with Crippen LogP contribution in [0.1, 0.15) is 31.2 Å². The lowest BCUT2D eigenvalue weighted by Gasteiger charge is -2.44. The van der Waals surface area contributed by atoms with E-state index >= 15 is 0 Å². The van der Waals surface area contributed by atoms with Crippen LogP contribution in [-0.4, -0.2) is 30.4 Å². The third-order valence-electron chi connectivity index (χ3n) is 4.71. The van der Waals surface area contributed by atoms with E-state index in [1.807, 2.05) is 0 Å². The van der Waals surface area contributed by atoms with Crippen LogP contribution in [0.25, 0.3) is 0 Å². The van der Waals surface area contributed by atoms with Crippen molar-refractivity contribution in [2.75, 3.05) is 19.6 Å². The molecule has 0 saturated carbocycles. The first kappa shape index (κ1) is 12.7. The number of hydrogen-bond acceptors (Lipinski definition) is 2. The van der Waals surface area contributed by atoms with Crippen molar-refractivity contribution in [1.29, 1.82) is 0 Å². The first-order chi connectivity index (χ1) is 9.26. The van der Waals surface area contributed by atoms with Gasteiger partial charge in [0.1, 0.15) is 0 Å². The minimum Gasteiger partial charge on any atom is -0.356 e. The fourth-order valence-corrected chi connectivity index (χ4v) is 3.30. The molecule has 2 fully saturated rings. The van der Waals surface area contributed by atoms with Crippen molar-refractivity contribution in [3.8, 4) is 0 Å². The fourth-order valence-electron chi connectivity index (χ4n) is 3.30. The number of nitrogens with one attached hydrogen (secondary N) is 1. The molecule has 2 saturated heterocycles. The highest BCUT2D eigenvalue weighted by atomic mass is 16.1. The molecule has 2 aliphatic heterocycles. The van der Waals surface area contributed by atoms with Gasteiger partial charge in [-0.3, -0.25) is 9.69 Å². The summed E-state index contributed by atoms with van der Waals surface area (Å²) in [5.41, 5.74) is 1.79. The lowest BCUT2D eigenvalue weighted by atomic mass is 9.73. The van der Waals surface area contributed by atoms with E-state index in [-0.39, 0.29) is 5.91 Å². The molecule has 1 aromatic carbocycles. The molecule has 3 rings (SSSR count). The molecule has 0 aliphatic carbocycles. The van der Waals surface area contributed by atoms with E-state index in [0.717, 1.165) is 39.0 Å². The minimum absolute atomic E-state index is 0.234. The van der Waals surface area contributed by atoms with Gasteiger partial charge >= 0.3 is 0 Å². The Labute approximate surface area is 115 Å².